The predicted octanol–water partition coefficient (Wildman–Crippen LogP) is 1.09. The molecule has 0 aliphatic heterocycles. The van der Waals surface area contributed by atoms with Gasteiger partial charge in [-0.25, -0.2) is 4.79 Å². The minimum Gasteiger partial charge on any atom is -0.481 e. The van der Waals surface area contributed by atoms with Crippen LogP contribution in [0.15, 0.2) is 0 Å². The van der Waals surface area contributed by atoms with Crippen molar-refractivity contribution in [1.29, 1.82) is 0 Å². The summed E-state index contributed by atoms with van der Waals surface area (Å²) >= 11 is 0. The van der Waals surface area contributed by atoms with Gasteiger partial charge < -0.3 is 20.9 Å². The molecule has 0 aromatic rings. The normalized spacial score (nSPS) is 14.9. The van der Waals surface area contributed by atoms with E-state index in [1.807, 2.05) is 6.92 Å². The summed E-state index contributed by atoms with van der Waals surface area (Å²) < 4.78 is 5.07. The molecule has 0 unspecified atom stereocenters. The first-order chi connectivity index (χ1) is 7.65. The lowest BCUT2D eigenvalue weighted by Crippen LogP contribution is -2.49. The smallest absolute Gasteiger partial charge is 0.407 e. The molecule has 0 aromatic carbocycles. The second-order valence-electron chi connectivity index (χ2n) is 4.92. The Bertz CT molecular complexity index is 273. The summed E-state index contributed by atoms with van der Waals surface area (Å²) in [5, 5.41) is 11.2. The molecule has 0 aromatic heterocycles. The van der Waals surface area contributed by atoms with Crippen molar-refractivity contribution >= 4 is 12.1 Å². The second kappa shape index (κ2) is 6.44. The SMILES string of the molecule is CC[C@H](NC(=O)OC(C)(C)C)[C@@H](N)CC(=O)O. The molecule has 4 N–H and O–H groups in total. The molecule has 6 nitrogen and oxygen atoms in total. The van der Waals surface area contributed by atoms with Crippen molar-refractivity contribution in [2.75, 3.05) is 0 Å². The van der Waals surface area contributed by atoms with Crippen molar-refractivity contribution in [3.63, 3.8) is 0 Å². The molecule has 0 spiro atoms. The molecule has 6 heteroatoms. The maximum atomic E-state index is 11.5. The van der Waals surface area contributed by atoms with Gasteiger partial charge >= 0.3 is 12.1 Å². The third kappa shape index (κ3) is 7.57. The van der Waals surface area contributed by atoms with E-state index in [1.54, 1.807) is 20.8 Å². The highest BCUT2D eigenvalue weighted by atomic mass is 16.6. The van der Waals surface area contributed by atoms with Crippen LogP contribution in [-0.4, -0.2) is 34.9 Å². The van der Waals surface area contributed by atoms with Crippen LogP contribution >= 0.6 is 0 Å². The van der Waals surface area contributed by atoms with E-state index in [0.717, 1.165) is 0 Å². The molecule has 0 aliphatic rings. The van der Waals surface area contributed by atoms with E-state index in [-0.39, 0.29) is 6.42 Å². The van der Waals surface area contributed by atoms with Crippen LogP contribution in [0.3, 0.4) is 0 Å². The fourth-order valence-corrected chi connectivity index (χ4v) is 1.31. The fraction of sp³-hybridized carbons (Fsp3) is 0.818. The lowest BCUT2D eigenvalue weighted by molar-refractivity contribution is -0.137. The van der Waals surface area contributed by atoms with Crippen molar-refractivity contribution in [2.24, 2.45) is 5.73 Å². The van der Waals surface area contributed by atoms with Crippen LogP contribution in [0, 0.1) is 0 Å². The molecule has 1 amide bonds. The van der Waals surface area contributed by atoms with Crippen LogP contribution in [0.4, 0.5) is 4.79 Å². The standard InChI is InChI=1S/C11H22N2O4/c1-5-8(7(12)6-9(14)15)13-10(16)17-11(2,3)4/h7-8H,5-6,12H2,1-4H3,(H,13,16)(H,14,15)/t7-,8-/m0/s1. The zero-order valence-corrected chi connectivity index (χ0v) is 10.8. The molecule has 17 heavy (non-hydrogen) atoms. The number of nitrogens with two attached hydrogens (primary N) is 1. The fourth-order valence-electron chi connectivity index (χ4n) is 1.31. The number of nitrogens with one attached hydrogen (secondary N) is 1. The number of ether oxygens (including phenoxy) is 1. The van der Waals surface area contributed by atoms with E-state index < -0.39 is 29.7 Å². The Balaban J connectivity index is 4.30. The summed E-state index contributed by atoms with van der Waals surface area (Å²) in [4.78, 5) is 22.0. The van der Waals surface area contributed by atoms with Gasteiger partial charge in [0.05, 0.1) is 6.42 Å². The first kappa shape index (κ1) is 15.7. The zero-order chi connectivity index (χ0) is 13.6. The average molecular weight is 246 g/mol. The number of carboxylic acid groups (broad SMARTS) is 1. The van der Waals surface area contributed by atoms with Crippen LogP contribution < -0.4 is 11.1 Å². The molecule has 100 valence electrons. The van der Waals surface area contributed by atoms with Crippen LogP contribution in [0.1, 0.15) is 40.5 Å². The molecule has 0 saturated heterocycles. The molecule has 0 radical (unpaired) electrons. The van der Waals surface area contributed by atoms with Crippen LogP contribution in [0.2, 0.25) is 0 Å². The van der Waals surface area contributed by atoms with Gasteiger partial charge in [0.2, 0.25) is 0 Å². The number of hydrogen-bond donors (Lipinski definition) is 3. The highest BCUT2D eigenvalue weighted by Gasteiger charge is 2.23. The molecule has 0 rings (SSSR count). The van der Waals surface area contributed by atoms with Gasteiger partial charge in [-0.05, 0) is 27.2 Å². The Labute approximate surface area is 102 Å². The summed E-state index contributed by atoms with van der Waals surface area (Å²) in [6.07, 6.45) is -0.215. The maximum absolute atomic E-state index is 11.5. The number of carbonyl (C=O) groups is 2. The molecule has 0 bridgehead atoms. The average Bonchev–Trinajstić information content (AvgIpc) is 2.09. The first-order valence-corrected chi connectivity index (χ1v) is 5.62. The van der Waals surface area contributed by atoms with Gasteiger partial charge in [-0.3, -0.25) is 4.79 Å². The number of aliphatic carboxylic acids is 1. The Morgan fingerprint density at radius 3 is 2.29 bits per heavy atom. The molecule has 0 saturated carbocycles. The number of hydrogen-bond acceptors (Lipinski definition) is 4. The van der Waals surface area contributed by atoms with Crippen molar-refractivity contribution in [3.05, 3.63) is 0 Å². The summed E-state index contributed by atoms with van der Waals surface area (Å²) in [5.41, 5.74) is 5.11. The van der Waals surface area contributed by atoms with Crippen LogP contribution in [0.5, 0.6) is 0 Å². The summed E-state index contributed by atoms with van der Waals surface area (Å²) in [5.74, 6) is -0.984. The summed E-state index contributed by atoms with van der Waals surface area (Å²) in [6.45, 7) is 7.09. The van der Waals surface area contributed by atoms with Crippen molar-refractivity contribution in [3.8, 4) is 0 Å². The summed E-state index contributed by atoms with van der Waals surface area (Å²) in [7, 11) is 0. The number of carboxylic acids is 1. The minimum atomic E-state index is -0.984. The zero-order valence-electron chi connectivity index (χ0n) is 10.8. The first-order valence-electron chi connectivity index (χ1n) is 5.62. The minimum absolute atomic E-state index is 0.186. The van der Waals surface area contributed by atoms with Crippen LogP contribution in [0.25, 0.3) is 0 Å². The van der Waals surface area contributed by atoms with Gasteiger partial charge in [-0.2, -0.15) is 0 Å². The van der Waals surface area contributed by atoms with E-state index >= 15 is 0 Å². The Morgan fingerprint density at radius 2 is 1.94 bits per heavy atom. The largest absolute Gasteiger partial charge is 0.481 e. The molecule has 0 heterocycles. The van der Waals surface area contributed by atoms with Gasteiger partial charge in [0, 0.05) is 12.1 Å². The lowest BCUT2D eigenvalue weighted by atomic mass is 10.0. The Hall–Kier alpha value is -1.30. The van der Waals surface area contributed by atoms with E-state index in [1.165, 1.54) is 0 Å². The Kier molecular flexibility index (Phi) is 5.95. The lowest BCUT2D eigenvalue weighted by Gasteiger charge is -2.25. The van der Waals surface area contributed by atoms with E-state index in [9.17, 15) is 9.59 Å². The molecular formula is C11H22N2O4. The van der Waals surface area contributed by atoms with Gasteiger partial charge in [0.25, 0.3) is 0 Å². The monoisotopic (exact) mass is 246 g/mol. The van der Waals surface area contributed by atoms with Crippen molar-refractivity contribution in [1.82, 2.24) is 5.32 Å². The highest BCUT2D eigenvalue weighted by molar-refractivity contribution is 5.69. The van der Waals surface area contributed by atoms with Gasteiger partial charge in [-0.1, -0.05) is 6.92 Å². The molecule has 0 fully saturated rings. The van der Waals surface area contributed by atoms with E-state index in [2.05, 4.69) is 5.32 Å². The number of carbonyl (C=O) groups excluding carboxylic acids is 1. The van der Waals surface area contributed by atoms with Crippen molar-refractivity contribution < 1.29 is 19.4 Å². The Morgan fingerprint density at radius 1 is 1.41 bits per heavy atom. The quantitative estimate of drug-likeness (QED) is 0.674. The second-order valence-corrected chi connectivity index (χ2v) is 4.92. The van der Waals surface area contributed by atoms with E-state index in [0.29, 0.717) is 6.42 Å². The topological polar surface area (TPSA) is 102 Å². The third-order valence-electron chi connectivity index (χ3n) is 2.07. The van der Waals surface area contributed by atoms with Gasteiger partial charge in [0.15, 0.2) is 0 Å². The summed E-state index contributed by atoms with van der Waals surface area (Å²) in [6, 6.07) is -1.02. The van der Waals surface area contributed by atoms with E-state index in [4.69, 9.17) is 15.6 Å². The number of rotatable bonds is 5. The highest BCUT2D eigenvalue weighted by Crippen LogP contribution is 2.08. The maximum Gasteiger partial charge on any atom is 0.407 e. The van der Waals surface area contributed by atoms with Gasteiger partial charge in [-0.15, -0.1) is 0 Å². The van der Waals surface area contributed by atoms with Crippen LogP contribution in [-0.2, 0) is 9.53 Å². The molecule has 2 atom stereocenters. The van der Waals surface area contributed by atoms with Crippen molar-refractivity contribution in [2.45, 2.75) is 58.2 Å². The molecule has 0 aliphatic carbocycles. The number of amides is 1. The number of alkyl carbamates (subject to hydrolysis) is 1. The molecular weight excluding hydrogens is 224 g/mol. The third-order valence-corrected chi connectivity index (χ3v) is 2.07. The predicted molar refractivity (Wildman–Crippen MR) is 63.7 cm³/mol. The van der Waals surface area contributed by atoms with Gasteiger partial charge in [0.1, 0.15) is 5.60 Å².